The maximum atomic E-state index is 9.96. The molecular weight excluding hydrogens is 496 g/mol. The lowest BCUT2D eigenvalue weighted by Gasteiger charge is -2.16. The van der Waals surface area contributed by atoms with Crippen molar-refractivity contribution in [2.75, 3.05) is 0 Å². The Kier molecular flexibility index (Phi) is 2.77. The summed E-state index contributed by atoms with van der Waals surface area (Å²) in [4.78, 5) is 0. The molecule has 8 aromatic carbocycles. The van der Waals surface area contributed by atoms with E-state index in [9.17, 15) is 4.11 Å². The summed E-state index contributed by atoms with van der Waals surface area (Å²) in [7, 11) is 0. The van der Waals surface area contributed by atoms with Crippen molar-refractivity contribution in [3.63, 3.8) is 0 Å². The van der Waals surface area contributed by atoms with Crippen LogP contribution in [0.15, 0.2) is 150 Å². The van der Waals surface area contributed by atoms with Crippen molar-refractivity contribution in [1.29, 1.82) is 0 Å². The summed E-state index contributed by atoms with van der Waals surface area (Å²) in [6, 6.07) is 13.8. The Hall–Kier alpha value is -5.40. The second kappa shape index (κ2) is 8.55. The maximum absolute atomic E-state index is 9.96. The number of fused-ring (bicyclic) bond motifs is 9. The van der Waals surface area contributed by atoms with Crippen LogP contribution in [-0.4, -0.2) is 0 Å². The molecule has 0 unspecified atom stereocenters. The van der Waals surface area contributed by atoms with E-state index in [-0.39, 0.29) is 49.9 Å². The Morgan fingerprint density at radius 3 is 2.17 bits per heavy atom. The Bertz CT molecular complexity index is 3170. The van der Waals surface area contributed by atoms with E-state index < -0.39 is 78.1 Å². The monoisotopic (exact) mass is 533 g/mol. The molecule has 9 rings (SSSR count). The first-order chi connectivity index (χ1) is 25.8. The molecule has 1 nitrogen and oxygen atoms in total. The van der Waals surface area contributed by atoms with Crippen LogP contribution < -0.4 is 0 Å². The van der Waals surface area contributed by atoms with Gasteiger partial charge in [-0.1, -0.05) is 121 Å². The van der Waals surface area contributed by atoms with E-state index in [2.05, 4.69) is 0 Å². The van der Waals surface area contributed by atoms with E-state index in [1.165, 1.54) is 0 Å². The molecule has 0 aliphatic heterocycles. The number of rotatable bonds is 2. The van der Waals surface area contributed by atoms with Gasteiger partial charge in [-0.05, 0) is 84.2 Å². The molecule has 0 bridgehead atoms. The van der Waals surface area contributed by atoms with Gasteiger partial charge >= 0.3 is 0 Å². The highest BCUT2D eigenvalue weighted by Crippen LogP contribution is 2.46. The summed E-state index contributed by atoms with van der Waals surface area (Å²) in [5.41, 5.74) is -0.580. The highest BCUT2D eigenvalue weighted by atomic mass is 16.3. The minimum atomic E-state index is -0.660. The summed E-state index contributed by atoms with van der Waals surface area (Å²) in [5.74, 6) is 0. The molecule has 0 spiro atoms. The van der Waals surface area contributed by atoms with Crippen molar-refractivity contribution < 1.29 is 22.2 Å². The van der Waals surface area contributed by atoms with E-state index in [1.54, 1.807) is 0 Å². The average molecular weight is 534 g/mol. The molecule has 1 heterocycles. The number of furan rings is 1. The largest absolute Gasteiger partial charge is 0.455 e. The minimum absolute atomic E-state index is 0.0507. The summed E-state index contributed by atoms with van der Waals surface area (Å²) in [5, 5.41) is 4.35. The van der Waals surface area contributed by atoms with Gasteiger partial charge in [0.25, 0.3) is 0 Å². The molecule has 0 saturated heterocycles. The fourth-order valence-electron chi connectivity index (χ4n) is 5.86. The lowest BCUT2D eigenvalue weighted by atomic mass is 9.86. The average Bonchev–Trinajstić information content (AvgIpc) is 3.57. The van der Waals surface area contributed by atoms with Gasteiger partial charge in [0.15, 0.2) is 0 Å². The standard InChI is InChI=1S/C40H24O/c1-2-10-25(11-3-1)29-23-36(39-34-21-19-27-13-5-9-17-32(27)40(34)41-37(39)24-29)38-31-16-8-6-14-28(31)22-35-30-15-7-4-12-26(30)18-20-33(35)38/h1-24H/i1D,2D,3D,5D,9D,10D,11D,13D,17D,19D,21D,23D,24D. The highest BCUT2D eigenvalue weighted by molar-refractivity contribution is 6.26. The van der Waals surface area contributed by atoms with Crippen LogP contribution in [-0.2, 0) is 0 Å². The molecule has 0 radical (unpaired) electrons. The molecule has 0 aliphatic rings. The van der Waals surface area contributed by atoms with Crippen molar-refractivity contribution in [2.45, 2.75) is 0 Å². The fourth-order valence-corrected chi connectivity index (χ4v) is 5.86. The van der Waals surface area contributed by atoms with Crippen molar-refractivity contribution >= 4 is 65.0 Å². The SMILES string of the molecule is [2H]c1c([2H])c([2H])c(-c2c([2H])c(-c3c4ccccc4cc4c3ccc3ccccc34)c3c(oc4c5c([2H])c([2H])c([2H])c([2H])c5c([2H])c([2H])c43)c2[2H])c([2H])c1[2H]. The third-order valence-electron chi connectivity index (χ3n) is 7.64. The Morgan fingerprint density at radius 1 is 0.488 bits per heavy atom. The first-order valence-corrected chi connectivity index (χ1v) is 13.1. The molecular formula is C40H24O. The van der Waals surface area contributed by atoms with Gasteiger partial charge in [-0.2, -0.15) is 0 Å². The minimum Gasteiger partial charge on any atom is -0.455 e. The summed E-state index contributed by atoms with van der Waals surface area (Å²) in [6.45, 7) is 0. The summed E-state index contributed by atoms with van der Waals surface area (Å²) >= 11 is 0. The van der Waals surface area contributed by atoms with Crippen molar-refractivity contribution in [1.82, 2.24) is 0 Å². The molecule has 1 aromatic heterocycles. The zero-order valence-electron chi connectivity index (χ0n) is 34.3. The Morgan fingerprint density at radius 2 is 1.27 bits per heavy atom. The van der Waals surface area contributed by atoms with Crippen LogP contribution >= 0.6 is 0 Å². The smallest absolute Gasteiger partial charge is 0.143 e. The predicted octanol–water partition coefficient (Wildman–Crippen LogP) is 11.5. The lowest BCUT2D eigenvalue weighted by molar-refractivity contribution is 0.673. The third-order valence-corrected chi connectivity index (χ3v) is 7.64. The van der Waals surface area contributed by atoms with Crippen LogP contribution in [0.25, 0.3) is 87.3 Å². The van der Waals surface area contributed by atoms with Crippen LogP contribution in [0, 0.1) is 0 Å². The van der Waals surface area contributed by atoms with E-state index >= 15 is 0 Å². The first-order valence-electron chi connectivity index (χ1n) is 19.6. The first kappa shape index (κ1) is 13.3. The summed E-state index contributed by atoms with van der Waals surface area (Å²) < 4.78 is 121. The van der Waals surface area contributed by atoms with Crippen LogP contribution in [0.3, 0.4) is 0 Å². The topological polar surface area (TPSA) is 13.1 Å². The van der Waals surface area contributed by atoms with Crippen LogP contribution in [0.1, 0.15) is 17.8 Å². The van der Waals surface area contributed by atoms with Crippen LogP contribution in [0.2, 0.25) is 0 Å². The molecule has 0 saturated carbocycles. The van der Waals surface area contributed by atoms with Gasteiger partial charge in [0.1, 0.15) is 11.2 Å². The second-order valence-electron chi connectivity index (χ2n) is 9.86. The van der Waals surface area contributed by atoms with Gasteiger partial charge < -0.3 is 4.42 Å². The van der Waals surface area contributed by atoms with Crippen molar-refractivity contribution in [3.8, 4) is 22.3 Å². The highest BCUT2D eigenvalue weighted by Gasteiger charge is 2.20. The molecule has 41 heavy (non-hydrogen) atoms. The zero-order valence-corrected chi connectivity index (χ0v) is 21.3. The van der Waals surface area contributed by atoms with E-state index in [0.717, 1.165) is 21.5 Å². The number of hydrogen-bond acceptors (Lipinski definition) is 1. The fraction of sp³-hybridized carbons (Fsp3) is 0. The van der Waals surface area contributed by atoms with Gasteiger partial charge in [0, 0.05) is 16.2 Å². The van der Waals surface area contributed by atoms with Gasteiger partial charge in [-0.15, -0.1) is 0 Å². The maximum Gasteiger partial charge on any atom is 0.143 e. The molecule has 0 aliphatic carbocycles. The molecule has 0 amide bonds. The molecule has 190 valence electrons. The van der Waals surface area contributed by atoms with Gasteiger partial charge in [0.2, 0.25) is 0 Å². The third kappa shape index (κ3) is 3.30. The molecule has 1 heteroatoms. The van der Waals surface area contributed by atoms with E-state index in [1.807, 2.05) is 66.7 Å². The van der Waals surface area contributed by atoms with Gasteiger partial charge in [-0.3, -0.25) is 0 Å². The van der Waals surface area contributed by atoms with E-state index in [4.69, 9.17) is 18.1 Å². The predicted molar refractivity (Wildman–Crippen MR) is 175 cm³/mol. The molecule has 0 N–H and O–H groups in total. The van der Waals surface area contributed by atoms with Gasteiger partial charge in [0.05, 0.1) is 17.8 Å². The Labute approximate surface area is 255 Å². The number of benzene rings is 8. The van der Waals surface area contributed by atoms with Crippen molar-refractivity contribution in [3.05, 3.63) is 145 Å². The van der Waals surface area contributed by atoms with Crippen molar-refractivity contribution in [2.24, 2.45) is 0 Å². The zero-order chi connectivity index (χ0) is 38.2. The number of hydrogen-bond donors (Lipinski definition) is 0. The van der Waals surface area contributed by atoms with Crippen LogP contribution in [0.5, 0.6) is 0 Å². The molecule has 0 atom stereocenters. The normalized spacial score (nSPS) is 16.3. The second-order valence-corrected chi connectivity index (χ2v) is 9.86. The lowest BCUT2D eigenvalue weighted by Crippen LogP contribution is -1.89. The summed E-state index contributed by atoms with van der Waals surface area (Å²) in [6.07, 6.45) is 0. The van der Waals surface area contributed by atoms with E-state index in [0.29, 0.717) is 16.3 Å². The van der Waals surface area contributed by atoms with Crippen LogP contribution in [0.4, 0.5) is 0 Å². The quantitative estimate of drug-likeness (QED) is 0.159. The molecule has 9 aromatic rings. The van der Waals surface area contributed by atoms with Gasteiger partial charge in [-0.25, -0.2) is 0 Å². The molecule has 0 fully saturated rings. The Balaban J connectivity index is 1.63.